The topological polar surface area (TPSA) is 61.0 Å². The fraction of sp³-hybridized carbons (Fsp3) is 0.360. The van der Waals surface area contributed by atoms with Gasteiger partial charge in [-0.3, -0.25) is 9.89 Å². The highest BCUT2D eigenvalue weighted by atomic mass is 35.5. The number of H-pyrrole nitrogens is 1. The van der Waals surface area contributed by atoms with E-state index in [1.54, 1.807) is 4.90 Å². The summed E-state index contributed by atoms with van der Waals surface area (Å²) in [4.78, 5) is 15.2. The maximum Gasteiger partial charge on any atom is 0.254 e. The summed E-state index contributed by atoms with van der Waals surface area (Å²) in [6.45, 7) is 2.44. The van der Waals surface area contributed by atoms with Crippen LogP contribution in [-0.4, -0.2) is 41.1 Å². The summed E-state index contributed by atoms with van der Waals surface area (Å²) >= 11 is 0. The summed E-state index contributed by atoms with van der Waals surface area (Å²) in [7, 11) is 1.88. The van der Waals surface area contributed by atoms with Crippen molar-refractivity contribution in [3.8, 4) is 0 Å². The normalized spacial score (nSPS) is 15.2. The number of aryl methyl sites for hydroxylation is 1. The van der Waals surface area contributed by atoms with E-state index in [9.17, 15) is 4.79 Å². The van der Waals surface area contributed by atoms with Crippen LogP contribution in [0, 0.1) is 0 Å². The fourth-order valence-electron chi connectivity index (χ4n) is 4.81. The van der Waals surface area contributed by atoms with Gasteiger partial charge in [-0.25, -0.2) is 0 Å². The molecule has 0 atom stereocenters. The van der Waals surface area contributed by atoms with Crippen molar-refractivity contribution >= 4 is 47.1 Å². The van der Waals surface area contributed by atoms with Crippen molar-refractivity contribution < 1.29 is 4.79 Å². The number of hydrogen-bond donors (Lipinski definition) is 2. The van der Waals surface area contributed by atoms with Crippen LogP contribution in [0.4, 0.5) is 0 Å². The molecule has 170 valence electrons. The Morgan fingerprint density at radius 1 is 1.06 bits per heavy atom. The van der Waals surface area contributed by atoms with E-state index in [1.165, 1.54) is 35.2 Å². The molecule has 0 unspecified atom stereocenters. The number of aromatic amines is 1. The molecule has 7 heteroatoms. The third-order valence-electron chi connectivity index (χ3n) is 6.40. The predicted octanol–water partition coefficient (Wildman–Crippen LogP) is 4.93. The van der Waals surface area contributed by atoms with E-state index < -0.39 is 0 Å². The van der Waals surface area contributed by atoms with Gasteiger partial charge in [0, 0.05) is 24.8 Å². The highest BCUT2D eigenvalue weighted by Crippen LogP contribution is 2.29. The predicted molar refractivity (Wildman–Crippen MR) is 135 cm³/mol. The van der Waals surface area contributed by atoms with E-state index in [0.29, 0.717) is 6.54 Å². The number of carbonyl (C=O) groups excluding carboxylic acids is 1. The molecule has 2 N–H and O–H groups in total. The number of fused-ring (bicyclic) bond motifs is 2. The van der Waals surface area contributed by atoms with Gasteiger partial charge < -0.3 is 10.2 Å². The summed E-state index contributed by atoms with van der Waals surface area (Å²) in [6.07, 6.45) is 7.90. The van der Waals surface area contributed by atoms with Crippen LogP contribution in [0.3, 0.4) is 0 Å². The van der Waals surface area contributed by atoms with Gasteiger partial charge in [-0.05, 0) is 72.2 Å². The van der Waals surface area contributed by atoms with Crippen molar-refractivity contribution in [2.75, 3.05) is 20.1 Å². The molecule has 2 aliphatic rings. The number of aromatic nitrogens is 2. The number of amides is 1. The minimum absolute atomic E-state index is 0. The number of halogens is 2. The van der Waals surface area contributed by atoms with Gasteiger partial charge in [-0.15, -0.1) is 24.8 Å². The van der Waals surface area contributed by atoms with Crippen molar-refractivity contribution in [1.82, 2.24) is 20.4 Å². The molecule has 0 bridgehead atoms. The molecule has 1 aliphatic carbocycles. The second-order valence-electron chi connectivity index (χ2n) is 8.40. The standard InChI is InChI=1S/C25H28N4O.2ClH/c1-29(16-24-22-8-2-3-13-23(22)27-28-24)25(30)21-12-5-10-19-18(9-4-11-20(19)21)17-7-6-14-26-15-17;;/h4-5,7,9-12,26H,2-3,6,8,13-16H2,1H3,(H,27,28);2*1H. The molecule has 1 amide bonds. The number of carbonyl (C=O) groups is 1. The summed E-state index contributed by atoms with van der Waals surface area (Å²) in [6, 6.07) is 12.4. The smallest absolute Gasteiger partial charge is 0.254 e. The van der Waals surface area contributed by atoms with Crippen LogP contribution in [-0.2, 0) is 19.4 Å². The first-order chi connectivity index (χ1) is 14.7. The summed E-state index contributed by atoms with van der Waals surface area (Å²) in [5.41, 5.74) is 6.87. The van der Waals surface area contributed by atoms with Crippen LogP contribution in [0.5, 0.6) is 0 Å². The zero-order valence-electron chi connectivity index (χ0n) is 18.3. The highest BCUT2D eigenvalue weighted by molar-refractivity contribution is 6.09. The first kappa shape index (κ1) is 24.3. The third kappa shape index (κ3) is 4.56. The first-order valence-corrected chi connectivity index (χ1v) is 10.9. The Labute approximate surface area is 201 Å². The van der Waals surface area contributed by atoms with E-state index in [-0.39, 0.29) is 30.7 Å². The van der Waals surface area contributed by atoms with Crippen molar-refractivity contribution in [3.05, 3.63) is 70.6 Å². The molecule has 0 saturated heterocycles. The van der Waals surface area contributed by atoms with E-state index in [2.05, 4.69) is 45.9 Å². The van der Waals surface area contributed by atoms with Crippen LogP contribution >= 0.6 is 24.8 Å². The molecule has 0 radical (unpaired) electrons. The van der Waals surface area contributed by atoms with E-state index >= 15 is 0 Å². The van der Waals surface area contributed by atoms with Crippen LogP contribution < -0.4 is 5.32 Å². The quantitative estimate of drug-likeness (QED) is 0.565. The molecule has 3 aromatic rings. The number of hydrogen-bond acceptors (Lipinski definition) is 3. The fourth-order valence-corrected chi connectivity index (χ4v) is 4.81. The van der Waals surface area contributed by atoms with Gasteiger partial charge in [0.1, 0.15) is 0 Å². The van der Waals surface area contributed by atoms with Gasteiger partial charge in [0.25, 0.3) is 5.91 Å². The van der Waals surface area contributed by atoms with Gasteiger partial charge in [-0.1, -0.05) is 36.4 Å². The van der Waals surface area contributed by atoms with Crippen molar-refractivity contribution in [2.24, 2.45) is 0 Å². The monoisotopic (exact) mass is 472 g/mol. The molecule has 5 nitrogen and oxygen atoms in total. The minimum Gasteiger partial charge on any atom is -0.336 e. The maximum absolute atomic E-state index is 13.4. The third-order valence-corrected chi connectivity index (χ3v) is 6.40. The Hall–Kier alpha value is -2.34. The van der Waals surface area contributed by atoms with Gasteiger partial charge in [0.2, 0.25) is 0 Å². The number of benzene rings is 2. The lowest BCUT2D eigenvalue weighted by Crippen LogP contribution is -2.27. The summed E-state index contributed by atoms with van der Waals surface area (Å²) in [5.74, 6) is 0.0426. The summed E-state index contributed by atoms with van der Waals surface area (Å²) < 4.78 is 0. The number of rotatable bonds is 4. The lowest BCUT2D eigenvalue weighted by molar-refractivity contribution is 0.0785. The molecule has 1 aliphatic heterocycles. The molecule has 0 saturated carbocycles. The number of nitrogens with zero attached hydrogens (tertiary/aromatic N) is 2. The molecule has 0 fully saturated rings. The molecule has 2 heterocycles. The molecule has 5 rings (SSSR count). The second-order valence-corrected chi connectivity index (χ2v) is 8.40. The van der Waals surface area contributed by atoms with Crippen LogP contribution in [0.2, 0.25) is 0 Å². The molecule has 2 aromatic carbocycles. The Bertz CT molecular complexity index is 1140. The molecular weight excluding hydrogens is 443 g/mol. The van der Waals surface area contributed by atoms with Crippen LogP contribution in [0.1, 0.15) is 52.1 Å². The van der Waals surface area contributed by atoms with Gasteiger partial charge >= 0.3 is 0 Å². The Morgan fingerprint density at radius 2 is 1.84 bits per heavy atom. The van der Waals surface area contributed by atoms with Gasteiger partial charge in [0.15, 0.2) is 0 Å². The lowest BCUT2D eigenvalue weighted by Gasteiger charge is -2.20. The van der Waals surface area contributed by atoms with E-state index in [4.69, 9.17) is 0 Å². The number of nitrogens with one attached hydrogen (secondary N) is 2. The zero-order chi connectivity index (χ0) is 20.5. The average molecular weight is 473 g/mol. The minimum atomic E-state index is 0. The highest BCUT2D eigenvalue weighted by Gasteiger charge is 2.21. The van der Waals surface area contributed by atoms with E-state index in [1.807, 2.05) is 19.2 Å². The molecule has 0 spiro atoms. The van der Waals surface area contributed by atoms with Crippen LogP contribution in [0.25, 0.3) is 16.3 Å². The van der Waals surface area contributed by atoms with Crippen molar-refractivity contribution in [2.45, 2.75) is 38.6 Å². The maximum atomic E-state index is 13.4. The largest absolute Gasteiger partial charge is 0.336 e. The molecule has 1 aromatic heterocycles. The Kier molecular flexibility index (Phi) is 7.99. The summed E-state index contributed by atoms with van der Waals surface area (Å²) in [5, 5.41) is 13.3. The van der Waals surface area contributed by atoms with E-state index in [0.717, 1.165) is 54.4 Å². The van der Waals surface area contributed by atoms with Crippen molar-refractivity contribution in [1.29, 1.82) is 0 Å². The SMILES string of the molecule is CN(Cc1n[nH]c2c1CCCC2)C(=O)c1cccc2c(C3=CCCNC3)cccc12.Cl.Cl. The zero-order valence-corrected chi connectivity index (χ0v) is 20.0. The second kappa shape index (κ2) is 10.5. The lowest BCUT2D eigenvalue weighted by atomic mass is 9.93. The van der Waals surface area contributed by atoms with Crippen LogP contribution in [0.15, 0.2) is 42.5 Å². The van der Waals surface area contributed by atoms with Gasteiger partial charge in [-0.2, -0.15) is 5.10 Å². The first-order valence-electron chi connectivity index (χ1n) is 10.9. The Balaban J connectivity index is 0.00000144. The Morgan fingerprint density at radius 3 is 2.66 bits per heavy atom. The van der Waals surface area contributed by atoms with Gasteiger partial charge in [0.05, 0.1) is 12.2 Å². The van der Waals surface area contributed by atoms with Crippen molar-refractivity contribution in [3.63, 3.8) is 0 Å². The average Bonchev–Trinajstić information content (AvgIpc) is 3.21. The molecular formula is C25H30Cl2N4O. The molecule has 32 heavy (non-hydrogen) atoms.